The van der Waals surface area contributed by atoms with Crippen molar-refractivity contribution in [1.29, 1.82) is 0 Å². The Kier molecular flexibility index (Phi) is 5.07. The molecule has 1 saturated heterocycles. The third kappa shape index (κ3) is 4.41. The van der Waals surface area contributed by atoms with Crippen molar-refractivity contribution in [2.45, 2.75) is 38.0 Å². The zero-order valence-corrected chi connectivity index (χ0v) is 12.5. The number of hydrogen-bond acceptors (Lipinski definition) is 7. The van der Waals surface area contributed by atoms with Gasteiger partial charge in [0.2, 0.25) is 11.9 Å². The van der Waals surface area contributed by atoms with Crippen LogP contribution in [-0.4, -0.2) is 45.7 Å². The van der Waals surface area contributed by atoms with Crippen LogP contribution < -0.4 is 15.4 Å². The van der Waals surface area contributed by atoms with Crippen molar-refractivity contribution < 1.29 is 4.74 Å². The quantitative estimate of drug-likeness (QED) is 0.827. The molecule has 6 nitrogen and oxygen atoms in total. The van der Waals surface area contributed by atoms with Gasteiger partial charge in [-0.2, -0.15) is 26.7 Å². The molecule has 1 fully saturated rings. The molecule has 0 aliphatic carbocycles. The van der Waals surface area contributed by atoms with Crippen molar-refractivity contribution in [3.05, 3.63) is 0 Å². The van der Waals surface area contributed by atoms with Gasteiger partial charge in [0.05, 0.1) is 6.10 Å². The number of ether oxygens (including phenoxy) is 1. The third-order valence-electron chi connectivity index (χ3n) is 2.69. The van der Waals surface area contributed by atoms with Crippen molar-refractivity contribution in [2.24, 2.45) is 0 Å². The molecular weight excluding hydrogens is 262 g/mol. The molecule has 1 aromatic rings. The minimum Gasteiger partial charge on any atom is -0.461 e. The van der Waals surface area contributed by atoms with Gasteiger partial charge in [-0.05, 0) is 32.4 Å². The van der Waals surface area contributed by atoms with Gasteiger partial charge in [-0.15, -0.1) is 0 Å². The fourth-order valence-electron chi connectivity index (χ4n) is 1.82. The summed E-state index contributed by atoms with van der Waals surface area (Å²) in [5.41, 5.74) is 0. The molecule has 0 saturated carbocycles. The molecule has 2 rings (SSSR count). The molecule has 1 unspecified atom stereocenters. The Morgan fingerprint density at radius 2 is 2.11 bits per heavy atom. The van der Waals surface area contributed by atoms with E-state index in [-0.39, 0.29) is 6.10 Å². The lowest BCUT2D eigenvalue weighted by Crippen LogP contribution is -2.17. The zero-order valence-electron chi connectivity index (χ0n) is 11.6. The third-order valence-corrected chi connectivity index (χ3v) is 4.09. The van der Waals surface area contributed by atoms with Crippen LogP contribution in [0.3, 0.4) is 0 Å². The van der Waals surface area contributed by atoms with Crippen LogP contribution in [0.1, 0.15) is 26.7 Å². The van der Waals surface area contributed by atoms with Gasteiger partial charge in [-0.25, -0.2) is 0 Å². The SMILES string of the molecule is CNc1nc(NCC2CCCS2)nc(OC(C)C)n1. The first-order chi connectivity index (χ1) is 9.17. The van der Waals surface area contributed by atoms with Gasteiger partial charge in [0.15, 0.2) is 0 Å². The summed E-state index contributed by atoms with van der Waals surface area (Å²) in [6.45, 7) is 4.79. The summed E-state index contributed by atoms with van der Waals surface area (Å²) in [6, 6.07) is 0.357. The summed E-state index contributed by atoms with van der Waals surface area (Å²) < 4.78 is 5.52. The molecule has 1 atom stereocenters. The molecule has 1 aliphatic heterocycles. The first-order valence-corrected chi connectivity index (χ1v) is 7.68. The van der Waals surface area contributed by atoms with E-state index in [0.29, 0.717) is 23.2 Å². The fraction of sp³-hybridized carbons (Fsp3) is 0.750. The predicted molar refractivity (Wildman–Crippen MR) is 79.1 cm³/mol. The van der Waals surface area contributed by atoms with E-state index in [1.807, 2.05) is 25.6 Å². The summed E-state index contributed by atoms with van der Waals surface area (Å²) >= 11 is 2.01. The highest BCUT2D eigenvalue weighted by Crippen LogP contribution is 2.26. The van der Waals surface area contributed by atoms with Gasteiger partial charge in [-0.1, -0.05) is 0 Å². The molecule has 0 spiro atoms. The lowest BCUT2D eigenvalue weighted by molar-refractivity contribution is 0.222. The minimum atomic E-state index is 0.0466. The molecule has 7 heteroatoms. The number of hydrogen-bond donors (Lipinski definition) is 2. The topological polar surface area (TPSA) is 72.0 Å². The van der Waals surface area contributed by atoms with E-state index in [1.165, 1.54) is 18.6 Å². The molecule has 19 heavy (non-hydrogen) atoms. The Morgan fingerprint density at radius 3 is 2.74 bits per heavy atom. The first kappa shape index (κ1) is 14.2. The molecule has 1 aliphatic rings. The van der Waals surface area contributed by atoms with Crippen molar-refractivity contribution in [2.75, 3.05) is 30.0 Å². The van der Waals surface area contributed by atoms with Gasteiger partial charge >= 0.3 is 6.01 Å². The van der Waals surface area contributed by atoms with Gasteiger partial charge in [0.25, 0.3) is 0 Å². The molecular formula is C12H21N5OS. The summed E-state index contributed by atoms with van der Waals surface area (Å²) in [5.74, 6) is 2.35. The zero-order chi connectivity index (χ0) is 13.7. The van der Waals surface area contributed by atoms with Crippen molar-refractivity contribution >= 4 is 23.7 Å². The predicted octanol–water partition coefficient (Wildman–Crippen LogP) is 2.01. The van der Waals surface area contributed by atoms with E-state index in [9.17, 15) is 0 Å². The maximum Gasteiger partial charge on any atom is 0.323 e. The molecule has 2 heterocycles. The molecule has 1 aromatic heterocycles. The minimum absolute atomic E-state index is 0.0466. The average molecular weight is 283 g/mol. The van der Waals surface area contributed by atoms with Crippen LogP contribution in [0.15, 0.2) is 0 Å². The van der Waals surface area contributed by atoms with E-state index in [0.717, 1.165) is 6.54 Å². The summed E-state index contributed by atoms with van der Waals surface area (Å²) in [6.07, 6.45) is 2.61. The maximum absolute atomic E-state index is 5.52. The second-order valence-electron chi connectivity index (χ2n) is 4.70. The molecule has 106 valence electrons. The maximum atomic E-state index is 5.52. The summed E-state index contributed by atoms with van der Waals surface area (Å²) in [5, 5.41) is 6.85. The van der Waals surface area contributed by atoms with Crippen LogP contribution in [0, 0.1) is 0 Å². The second-order valence-corrected chi connectivity index (χ2v) is 6.11. The Labute approximate surface area is 118 Å². The van der Waals surface area contributed by atoms with Crippen LogP contribution >= 0.6 is 11.8 Å². The van der Waals surface area contributed by atoms with E-state index in [1.54, 1.807) is 7.05 Å². The monoisotopic (exact) mass is 283 g/mol. The molecule has 0 amide bonds. The summed E-state index contributed by atoms with van der Waals surface area (Å²) in [7, 11) is 1.78. The number of anilines is 2. The molecule has 0 radical (unpaired) electrons. The van der Waals surface area contributed by atoms with E-state index >= 15 is 0 Å². The second kappa shape index (κ2) is 6.79. The van der Waals surface area contributed by atoms with Crippen LogP contribution in [0.4, 0.5) is 11.9 Å². The first-order valence-electron chi connectivity index (χ1n) is 6.63. The Bertz CT molecular complexity index is 409. The van der Waals surface area contributed by atoms with Crippen molar-refractivity contribution in [3.8, 4) is 6.01 Å². The highest BCUT2D eigenvalue weighted by molar-refractivity contribution is 8.00. The standard InChI is InChI=1S/C12H21N5OS/c1-8(2)18-12-16-10(13-3)15-11(17-12)14-7-9-5-4-6-19-9/h8-9H,4-7H2,1-3H3,(H2,13,14,15,16,17). The number of rotatable bonds is 6. The number of thioether (sulfide) groups is 1. The Hall–Kier alpha value is -1.24. The van der Waals surface area contributed by atoms with Crippen LogP contribution in [0.2, 0.25) is 0 Å². The van der Waals surface area contributed by atoms with E-state index in [2.05, 4.69) is 25.6 Å². The Morgan fingerprint density at radius 1 is 1.32 bits per heavy atom. The van der Waals surface area contributed by atoms with Crippen molar-refractivity contribution in [1.82, 2.24) is 15.0 Å². The van der Waals surface area contributed by atoms with Crippen LogP contribution in [0.5, 0.6) is 6.01 Å². The number of nitrogens with zero attached hydrogens (tertiary/aromatic N) is 3. The number of aromatic nitrogens is 3. The fourth-order valence-corrected chi connectivity index (χ4v) is 3.02. The normalized spacial score (nSPS) is 18.6. The lowest BCUT2D eigenvalue weighted by atomic mass is 10.2. The van der Waals surface area contributed by atoms with Gasteiger partial charge in [0.1, 0.15) is 0 Å². The Balaban J connectivity index is 2.00. The van der Waals surface area contributed by atoms with Crippen LogP contribution in [-0.2, 0) is 0 Å². The largest absolute Gasteiger partial charge is 0.461 e. The van der Waals surface area contributed by atoms with Gasteiger partial charge < -0.3 is 15.4 Å². The number of nitrogens with one attached hydrogen (secondary N) is 2. The van der Waals surface area contributed by atoms with Crippen LogP contribution in [0.25, 0.3) is 0 Å². The molecule has 2 N–H and O–H groups in total. The van der Waals surface area contributed by atoms with E-state index in [4.69, 9.17) is 4.74 Å². The molecule has 0 aromatic carbocycles. The summed E-state index contributed by atoms with van der Waals surface area (Å²) in [4.78, 5) is 12.7. The smallest absolute Gasteiger partial charge is 0.323 e. The van der Waals surface area contributed by atoms with Crippen molar-refractivity contribution in [3.63, 3.8) is 0 Å². The highest BCUT2D eigenvalue weighted by Gasteiger charge is 2.16. The van der Waals surface area contributed by atoms with E-state index < -0.39 is 0 Å². The molecule has 0 bridgehead atoms. The average Bonchev–Trinajstić information content (AvgIpc) is 2.88. The van der Waals surface area contributed by atoms with Gasteiger partial charge in [-0.3, -0.25) is 0 Å². The highest BCUT2D eigenvalue weighted by atomic mass is 32.2. The lowest BCUT2D eigenvalue weighted by Gasteiger charge is -2.13. The van der Waals surface area contributed by atoms with Gasteiger partial charge in [0, 0.05) is 18.8 Å².